The SMILES string of the molecule is CC(C)c1cnc2c(n1)N1c3ccccc3CCC1N2c1ccccc1. The number of rotatable bonds is 2. The lowest BCUT2D eigenvalue weighted by Crippen LogP contribution is -2.41. The fraction of sp³-hybridized carbons (Fsp3) is 0.273. The van der Waals surface area contributed by atoms with Crippen LogP contribution in [0.2, 0.25) is 0 Å². The molecule has 0 N–H and O–H groups in total. The summed E-state index contributed by atoms with van der Waals surface area (Å²) in [6.07, 6.45) is 4.29. The molecule has 0 aliphatic carbocycles. The molecular formula is C22H22N4. The Kier molecular flexibility index (Phi) is 3.45. The molecule has 4 nitrogen and oxygen atoms in total. The topological polar surface area (TPSA) is 32.3 Å². The second-order valence-corrected chi connectivity index (χ2v) is 7.32. The van der Waals surface area contributed by atoms with Gasteiger partial charge in [-0.1, -0.05) is 50.2 Å². The highest BCUT2D eigenvalue weighted by molar-refractivity contribution is 5.85. The number of anilines is 4. The van der Waals surface area contributed by atoms with E-state index in [1.165, 1.54) is 16.9 Å². The van der Waals surface area contributed by atoms with Gasteiger partial charge in [0.1, 0.15) is 6.17 Å². The quantitative estimate of drug-likeness (QED) is 0.644. The summed E-state index contributed by atoms with van der Waals surface area (Å²) in [5.41, 5.74) is 4.87. The van der Waals surface area contributed by atoms with Crippen LogP contribution < -0.4 is 9.80 Å². The van der Waals surface area contributed by atoms with Gasteiger partial charge in [-0.05, 0) is 42.5 Å². The number of nitrogens with zero attached hydrogens (tertiary/aromatic N) is 4. The van der Waals surface area contributed by atoms with Crippen molar-refractivity contribution in [1.29, 1.82) is 0 Å². The summed E-state index contributed by atoms with van der Waals surface area (Å²) in [4.78, 5) is 14.6. The summed E-state index contributed by atoms with van der Waals surface area (Å²) in [7, 11) is 0. The molecule has 3 aromatic rings. The molecule has 1 unspecified atom stereocenters. The molecule has 2 aromatic carbocycles. The Labute approximate surface area is 154 Å². The Hall–Kier alpha value is -2.88. The van der Waals surface area contributed by atoms with Gasteiger partial charge in [-0.15, -0.1) is 0 Å². The van der Waals surface area contributed by atoms with E-state index in [1.54, 1.807) is 0 Å². The molecule has 1 aromatic heterocycles. The first kappa shape index (κ1) is 15.4. The van der Waals surface area contributed by atoms with Crippen molar-refractivity contribution in [1.82, 2.24) is 9.97 Å². The largest absolute Gasteiger partial charge is 0.302 e. The van der Waals surface area contributed by atoms with Gasteiger partial charge in [-0.25, -0.2) is 9.97 Å². The monoisotopic (exact) mass is 342 g/mol. The zero-order valence-electron chi connectivity index (χ0n) is 15.1. The van der Waals surface area contributed by atoms with E-state index in [9.17, 15) is 0 Å². The third-order valence-electron chi connectivity index (χ3n) is 5.36. The second-order valence-electron chi connectivity index (χ2n) is 7.32. The number of aromatic nitrogens is 2. The molecular weight excluding hydrogens is 320 g/mol. The predicted octanol–water partition coefficient (Wildman–Crippen LogP) is 5.16. The van der Waals surface area contributed by atoms with Crippen LogP contribution in [0.1, 0.15) is 37.4 Å². The van der Waals surface area contributed by atoms with E-state index < -0.39 is 0 Å². The summed E-state index contributed by atoms with van der Waals surface area (Å²) in [5, 5.41) is 0. The summed E-state index contributed by atoms with van der Waals surface area (Å²) >= 11 is 0. The fourth-order valence-corrected chi connectivity index (χ4v) is 4.05. The van der Waals surface area contributed by atoms with Gasteiger partial charge in [0.15, 0.2) is 11.6 Å². The summed E-state index contributed by atoms with van der Waals surface area (Å²) in [6, 6.07) is 19.2. The van der Waals surface area contributed by atoms with Crippen LogP contribution in [0.25, 0.3) is 0 Å². The summed E-state index contributed by atoms with van der Waals surface area (Å²) in [6.45, 7) is 4.34. The van der Waals surface area contributed by atoms with E-state index in [4.69, 9.17) is 9.97 Å². The van der Waals surface area contributed by atoms with Crippen LogP contribution in [-0.4, -0.2) is 16.1 Å². The summed E-state index contributed by atoms with van der Waals surface area (Å²) < 4.78 is 0. The third kappa shape index (κ3) is 2.22. The average molecular weight is 342 g/mol. The molecule has 2 aliphatic heterocycles. The first-order valence-corrected chi connectivity index (χ1v) is 9.32. The number of benzene rings is 2. The average Bonchev–Trinajstić information content (AvgIpc) is 3.02. The van der Waals surface area contributed by atoms with E-state index in [2.05, 4.69) is 78.2 Å². The molecule has 4 heteroatoms. The van der Waals surface area contributed by atoms with Crippen molar-refractivity contribution in [2.24, 2.45) is 0 Å². The first-order valence-electron chi connectivity index (χ1n) is 9.32. The van der Waals surface area contributed by atoms with Gasteiger partial charge in [0, 0.05) is 11.4 Å². The van der Waals surface area contributed by atoms with Crippen LogP contribution in [-0.2, 0) is 6.42 Å². The molecule has 2 aliphatic rings. The maximum absolute atomic E-state index is 5.03. The van der Waals surface area contributed by atoms with Crippen LogP contribution >= 0.6 is 0 Å². The van der Waals surface area contributed by atoms with Crippen molar-refractivity contribution >= 4 is 23.0 Å². The van der Waals surface area contributed by atoms with Crippen LogP contribution in [0.4, 0.5) is 23.0 Å². The highest BCUT2D eigenvalue weighted by atomic mass is 15.5. The van der Waals surface area contributed by atoms with Gasteiger partial charge < -0.3 is 9.80 Å². The van der Waals surface area contributed by atoms with Gasteiger partial charge in [0.05, 0.1) is 11.9 Å². The molecule has 0 radical (unpaired) electrons. The molecule has 0 fully saturated rings. The number of fused-ring (bicyclic) bond motifs is 5. The van der Waals surface area contributed by atoms with E-state index in [-0.39, 0.29) is 6.17 Å². The van der Waals surface area contributed by atoms with Crippen LogP contribution in [0.5, 0.6) is 0 Å². The first-order chi connectivity index (χ1) is 12.7. The smallest absolute Gasteiger partial charge is 0.178 e. The van der Waals surface area contributed by atoms with E-state index in [1.807, 2.05) is 6.20 Å². The molecule has 26 heavy (non-hydrogen) atoms. The molecule has 130 valence electrons. The van der Waals surface area contributed by atoms with Crippen molar-refractivity contribution in [3.05, 3.63) is 72.1 Å². The number of aryl methyl sites for hydroxylation is 1. The fourth-order valence-electron chi connectivity index (χ4n) is 4.05. The minimum Gasteiger partial charge on any atom is -0.302 e. The molecule has 1 atom stereocenters. The van der Waals surface area contributed by atoms with Crippen LogP contribution in [0.15, 0.2) is 60.8 Å². The Morgan fingerprint density at radius 3 is 2.50 bits per heavy atom. The van der Waals surface area contributed by atoms with Crippen molar-refractivity contribution in [3.63, 3.8) is 0 Å². The number of hydrogen-bond donors (Lipinski definition) is 0. The van der Waals surface area contributed by atoms with Gasteiger partial charge in [0.2, 0.25) is 0 Å². The molecule has 0 spiro atoms. The Morgan fingerprint density at radius 2 is 1.69 bits per heavy atom. The maximum Gasteiger partial charge on any atom is 0.178 e. The van der Waals surface area contributed by atoms with Crippen LogP contribution in [0, 0.1) is 0 Å². The minimum atomic E-state index is 0.227. The standard InChI is InChI=1S/C22H22N4/c1-15(2)18-14-23-21-22(24-18)26-19-11-7-6-8-16(19)12-13-20(26)25(21)17-9-4-3-5-10-17/h3-11,14-15,20H,12-13H2,1-2H3. The van der Waals surface area contributed by atoms with E-state index in [0.717, 1.165) is 30.2 Å². The lowest BCUT2D eigenvalue weighted by Gasteiger charge is -2.36. The zero-order valence-corrected chi connectivity index (χ0v) is 15.1. The normalized spacial score (nSPS) is 17.9. The molecule has 0 amide bonds. The second kappa shape index (κ2) is 5.84. The van der Waals surface area contributed by atoms with Crippen molar-refractivity contribution in [2.75, 3.05) is 9.80 Å². The van der Waals surface area contributed by atoms with Crippen LogP contribution in [0.3, 0.4) is 0 Å². The zero-order chi connectivity index (χ0) is 17.7. The van der Waals surface area contributed by atoms with Crippen molar-refractivity contribution in [2.45, 2.75) is 38.8 Å². The maximum atomic E-state index is 5.03. The molecule has 0 saturated carbocycles. The highest BCUT2D eigenvalue weighted by Crippen LogP contribution is 2.49. The third-order valence-corrected chi connectivity index (χ3v) is 5.36. The Bertz CT molecular complexity index is 951. The lowest BCUT2D eigenvalue weighted by atomic mass is 9.99. The Balaban J connectivity index is 1.73. The number of hydrogen-bond acceptors (Lipinski definition) is 4. The summed E-state index contributed by atoms with van der Waals surface area (Å²) in [5.74, 6) is 2.30. The Morgan fingerprint density at radius 1 is 0.923 bits per heavy atom. The van der Waals surface area contributed by atoms with Gasteiger partial charge in [-0.3, -0.25) is 0 Å². The van der Waals surface area contributed by atoms with Gasteiger partial charge in [0.25, 0.3) is 0 Å². The van der Waals surface area contributed by atoms with E-state index >= 15 is 0 Å². The van der Waals surface area contributed by atoms with Gasteiger partial charge >= 0.3 is 0 Å². The molecule has 0 bridgehead atoms. The molecule has 3 heterocycles. The number of para-hydroxylation sites is 2. The van der Waals surface area contributed by atoms with Crippen molar-refractivity contribution < 1.29 is 0 Å². The molecule has 0 saturated heterocycles. The molecule has 5 rings (SSSR count). The van der Waals surface area contributed by atoms with Crippen molar-refractivity contribution in [3.8, 4) is 0 Å². The lowest BCUT2D eigenvalue weighted by molar-refractivity contribution is 0.600. The van der Waals surface area contributed by atoms with Gasteiger partial charge in [-0.2, -0.15) is 0 Å². The van der Waals surface area contributed by atoms with E-state index in [0.29, 0.717) is 5.92 Å². The minimum absolute atomic E-state index is 0.227. The highest BCUT2D eigenvalue weighted by Gasteiger charge is 2.42. The predicted molar refractivity (Wildman–Crippen MR) is 105 cm³/mol.